The van der Waals surface area contributed by atoms with Gasteiger partial charge in [0.15, 0.2) is 5.78 Å². The van der Waals surface area contributed by atoms with Crippen LogP contribution in [0.5, 0.6) is 0 Å². The number of hydrogen-bond donors (Lipinski definition) is 1. The third kappa shape index (κ3) is 4.75. The highest BCUT2D eigenvalue weighted by Crippen LogP contribution is 2.16. The van der Waals surface area contributed by atoms with E-state index in [0.717, 1.165) is 0 Å². The molecule has 0 aliphatic carbocycles. The van der Waals surface area contributed by atoms with Crippen LogP contribution in [0, 0.1) is 11.3 Å². The number of anilines is 2. The van der Waals surface area contributed by atoms with Crippen molar-refractivity contribution in [2.45, 2.75) is 13.8 Å². The van der Waals surface area contributed by atoms with E-state index in [9.17, 15) is 14.4 Å². The van der Waals surface area contributed by atoms with Crippen molar-refractivity contribution in [1.82, 2.24) is 0 Å². The lowest BCUT2D eigenvalue weighted by atomic mass is 10.1. The average molecular weight is 335 g/mol. The fraction of sp³-hybridized carbons (Fsp3) is 0.158. The van der Waals surface area contributed by atoms with Crippen LogP contribution in [-0.2, 0) is 9.59 Å². The van der Waals surface area contributed by atoms with Gasteiger partial charge in [0.2, 0.25) is 11.8 Å². The van der Waals surface area contributed by atoms with Gasteiger partial charge in [-0.2, -0.15) is 5.26 Å². The summed E-state index contributed by atoms with van der Waals surface area (Å²) in [5.41, 5.74) is 2.11. The Kier molecular flexibility index (Phi) is 5.64. The van der Waals surface area contributed by atoms with E-state index in [1.54, 1.807) is 48.5 Å². The lowest BCUT2D eigenvalue weighted by Crippen LogP contribution is -2.36. The van der Waals surface area contributed by atoms with Crippen LogP contribution in [0.25, 0.3) is 0 Å². The zero-order valence-corrected chi connectivity index (χ0v) is 13.9. The number of carbonyl (C=O) groups excluding carboxylic acids is 3. The number of benzene rings is 2. The third-order valence-electron chi connectivity index (χ3n) is 3.57. The molecule has 0 aromatic heterocycles. The SMILES string of the molecule is CC(=O)c1ccc(NC(=O)CN(C(C)=O)c2ccc(C#N)cc2)cc1. The highest BCUT2D eigenvalue weighted by atomic mass is 16.2. The minimum absolute atomic E-state index is 0.0542. The van der Waals surface area contributed by atoms with Gasteiger partial charge in [-0.3, -0.25) is 14.4 Å². The Morgan fingerprint density at radius 1 is 1.00 bits per heavy atom. The maximum Gasteiger partial charge on any atom is 0.244 e. The minimum atomic E-state index is -0.366. The number of nitrogens with zero attached hydrogens (tertiary/aromatic N) is 2. The first-order chi connectivity index (χ1) is 11.9. The molecule has 0 saturated heterocycles. The van der Waals surface area contributed by atoms with Gasteiger partial charge in [-0.1, -0.05) is 0 Å². The molecule has 0 aliphatic rings. The van der Waals surface area contributed by atoms with Crippen LogP contribution in [0.4, 0.5) is 11.4 Å². The molecule has 126 valence electrons. The van der Waals surface area contributed by atoms with E-state index in [0.29, 0.717) is 22.5 Å². The predicted molar refractivity (Wildman–Crippen MR) is 94.3 cm³/mol. The molecule has 0 heterocycles. The van der Waals surface area contributed by atoms with Gasteiger partial charge in [-0.25, -0.2) is 0 Å². The molecule has 2 rings (SSSR count). The molecule has 0 fully saturated rings. The molecule has 0 bridgehead atoms. The van der Waals surface area contributed by atoms with Crippen molar-refractivity contribution in [1.29, 1.82) is 5.26 Å². The first-order valence-electron chi connectivity index (χ1n) is 7.60. The van der Waals surface area contributed by atoms with Crippen molar-refractivity contribution in [3.8, 4) is 6.07 Å². The summed E-state index contributed by atoms with van der Waals surface area (Å²) in [6.45, 7) is 2.68. The first kappa shape index (κ1) is 17.9. The molecule has 25 heavy (non-hydrogen) atoms. The Balaban J connectivity index is 2.08. The Morgan fingerprint density at radius 2 is 1.60 bits per heavy atom. The topological polar surface area (TPSA) is 90.3 Å². The molecule has 2 amide bonds. The molecule has 1 N–H and O–H groups in total. The number of rotatable bonds is 5. The summed E-state index contributed by atoms with van der Waals surface area (Å²) in [4.78, 5) is 36.6. The molecule has 0 unspecified atom stereocenters. The fourth-order valence-electron chi connectivity index (χ4n) is 2.23. The highest BCUT2D eigenvalue weighted by molar-refractivity contribution is 6.02. The molecular weight excluding hydrogens is 318 g/mol. The predicted octanol–water partition coefficient (Wildman–Crippen LogP) is 2.75. The summed E-state index contributed by atoms with van der Waals surface area (Å²) in [7, 11) is 0. The number of Topliss-reactive ketones (excluding diaryl/α,β-unsaturated/α-hetero) is 1. The molecule has 0 radical (unpaired) electrons. The van der Waals surface area contributed by atoms with Gasteiger partial charge in [-0.15, -0.1) is 0 Å². The summed E-state index contributed by atoms with van der Waals surface area (Å²) in [5, 5.41) is 11.5. The quantitative estimate of drug-likeness (QED) is 0.851. The maximum atomic E-state index is 12.2. The van der Waals surface area contributed by atoms with Gasteiger partial charge in [0.25, 0.3) is 0 Å². The zero-order chi connectivity index (χ0) is 18.4. The molecule has 2 aromatic carbocycles. The summed E-state index contributed by atoms with van der Waals surface area (Å²) in [6.07, 6.45) is 0. The van der Waals surface area contributed by atoms with Crippen LogP contribution >= 0.6 is 0 Å². The second-order valence-electron chi connectivity index (χ2n) is 5.45. The van der Waals surface area contributed by atoms with Gasteiger partial charge < -0.3 is 10.2 Å². The summed E-state index contributed by atoms with van der Waals surface area (Å²) in [5.74, 6) is -0.705. The van der Waals surface area contributed by atoms with E-state index in [1.165, 1.54) is 18.7 Å². The van der Waals surface area contributed by atoms with Crippen LogP contribution in [-0.4, -0.2) is 24.1 Å². The summed E-state index contributed by atoms with van der Waals surface area (Å²) >= 11 is 0. The second kappa shape index (κ2) is 7.88. The largest absolute Gasteiger partial charge is 0.325 e. The summed E-state index contributed by atoms with van der Waals surface area (Å²) < 4.78 is 0. The Morgan fingerprint density at radius 3 is 2.08 bits per heavy atom. The first-order valence-corrected chi connectivity index (χ1v) is 7.60. The molecule has 0 atom stereocenters. The number of ketones is 1. The van der Waals surface area contributed by atoms with Crippen molar-refractivity contribution in [3.05, 3.63) is 59.7 Å². The molecule has 6 heteroatoms. The Bertz CT molecular complexity index is 834. The van der Waals surface area contributed by atoms with E-state index in [-0.39, 0.29) is 24.1 Å². The standard InChI is InChI=1S/C19H17N3O3/c1-13(23)16-5-7-17(8-6-16)21-19(25)12-22(14(2)24)18-9-3-15(11-20)4-10-18/h3-10H,12H2,1-2H3,(H,21,25). The highest BCUT2D eigenvalue weighted by Gasteiger charge is 2.16. The molecular formula is C19H17N3O3. The van der Waals surface area contributed by atoms with Crippen molar-refractivity contribution in [3.63, 3.8) is 0 Å². The van der Waals surface area contributed by atoms with Gasteiger partial charge >= 0.3 is 0 Å². The normalized spacial score (nSPS) is 9.80. The molecule has 0 saturated carbocycles. The third-order valence-corrected chi connectivity index (χ3v) is 3.57. The van der Waals surface area contributed by atoms with Crippen molar-refractivity contribution in [2.24, 2.45) is 0 Å². The van der Waals surface area contributed by atoms with Crippen molar-refractivity contribution < 1.29 is 14.4 Å². The summed E-state index contributed by atoms with van der Waals surface area (Å²) in [6, 6.07) is 14.9. The Hall–Kier alpha value is -3.46. The smallest absolute Gasteiger partial charge is 0.244 e. The van der Waals surface area contributed by atoms with E-state index < -0.39 is 0 Å². The van der Waals surface area contributed by atoms with Gasteiger partial charge in [0, 0.05) is 23.9 Å². The molecule has 0 aliphatic heterocycles. The lowest BCUT2D eigenvalue weighted by molar-refractivity contribution is -0.120. The lowest BCUT2D eigenvalue weighted by Gasteiger charge is -2.20. The molecule has 2 aromatic rings. The monoisotopic (exact) mass is 335 g/mol. The number of nitrogens with one attached hydrogen (secondary N) is 1. The van der Waals surface area contributed by atoms with E-state index >= 15 is 0 Å². The second-order valence-corrected chi connectivity index (χ2v) is 5.45. The van der Waals surface area contributed by atoms with Crippen LogP contribution in [0.3, 0.4) is 0 Å². The van der Waals surface area contributed by atoms with E-state index in [2.05, 4.69) is 5.32 Å². The van der Waals surface area contributed by atoms with Crippen LogP contribution in [0.2, 0.25) is 0 Å². The fourth-order valence-corrected chi connectivity index (χ4v) is 2.23. The zero-order valence-electron chi connectivity index (χ0n) is 13.9. The molecule has 6 nitrogen and oxygen atoms in total. The number of amides is 2. The Labute approximate surface area is 145 Å². The van der Waals surface area contributed by atoms with Gasteiger partial charge in [0.05, 0.1) is 11.6 Å². The van der Waals surface area contributed by atoms with E-state index in [4.69, 9.17) is 5.26 Å². The average Bonchev–Trinajstić information content (AvgIpc) is 2.60. The maximum absolute atomic E-state index is 12.2. The van der Waals surface area contributed by atoms with Gasteiger partial charge in [-0.05, 0) is 55.5 Å². The molecule has 0 spiro atoms. The van der Waals surface area contributed by atoms with Crippen LogP contribution < -0.4 is 10.2 Å². The minimum Gasteiger partial charge on any atom is -0.325 e. The van der Waals surface area contributed by atoms with Crippen LogP contribution in [0.15, 0.2) is 48.5 Å². The van der Waals surface area contributed by atoms with Crippen LogP contribution in [0.1, 0.15) is 29.8 Å². The van der Waals surface area contributed by atoms with E-state index in [1.807, 2.05) is 6.07 Å². The van der Waals surface area contributed by atoms with Gasteiger partial charge in [0.1, 0.15) is 6.54 Å². The number of hydrogen-bond acceptors (Lipinski definition) is 4. The van der Waals surface area contributed by atoms with Crippen molar-refractivity contribution in [2.75, 3.05) is 16.8 Å². The number of nitriles is 1. The van der Waals surface area contributed by atoms with Crippen molar-refractivity contribution >= 4 is 29.0 Å². The number of carbonyl (C=O) groups is 3.